The van der Waals surface area contributed by atoms with Crippen LogP contribution in [0.1, 0.15) is 10.4 Å². The van der Waals surface area contributed by atoms with E-state index in [1.165, 1.54) is 12.1 Å². The maximum Gasteiger partial charge on any atom is 0.293 e. The predicted octanol–water partition coefficient (Wildman–Crippen LogP) is 1.95. The summed E-state index contributed by atoms with van der Waals surface area (Å²) in [7, 11) is 0. The molecule has 1 amide bonds. The zero-order valence-electron chi connectivity index (χ0n) is 12.6. The highest BCUT2D eigenvalue weighted by molar-refractivity contribution is 5.94. The van der Waals surface area contributed by atoms with Gasteiger partial charge in [-0.2, -0.15) is 0 Å². The second-order valence-electron chi connectivity index (χ2n) is 5.23. The topological polar surface area (TPSA) is 117 Å². The summed E-state index contributed by atoms with van der Waals surface area (Å²) in [5, 5.41) is 14.1. The zero-order valence-corrected chi connectivity index (χ0v) is 12.6. The second kappa shape index (κ2) is 6.45. The number of nitrogens with two attached hydrogens (primary N) is 1. The molecule has 0 aromatic heterocycles. The Kier molecular flexibility index (Phi) is 4.19. The Bertz CT molecular complexity index is 793. The Balaban J connectivity index is 1.71. The summed E-state index contributed by atoms with van der Waals surface area (Å²) in [6.45, 7) is 0.641. The summed E-state index contributed by atoms with van der Waals surface area (Å²) in [6.07, 6.45) is -0.296. The van der Waals surface area contributed by atoms with Gasteiger partial charge in [-0.25, -0.2) is 0 Å². The molecule has 0 radical (unpaired) electrons. The Labute approximate surface area is 137 Å². The molecule has 3 rings (SSSR count). The number of ether oxygens (including phenoxy) is 2. The SMILES string of the molecule is NC(=O)c1ccc(NC[C@@H]2COc3ccccc3O2)c([N+](=O)[O-])c1. The van der Waals surface area contributed by atoms with Crippen molar-refractivity contribution in [3.63, 3.8) is 0 Å². The Morgan fingerprint density at radius 1 is 1.29 bits per heavy atom. The van der Waals surface area contributed by atoms with Crippen molar-refractivity contribution in [3.05, 3.63) is 58.1 Å². The number of anilines is 1. The number of carbonyl (C=O) groups excluding carboxylic acids is 1. The molecule has 1 aliphatic rings. The van der Waals surface area contributed by atoms with Gasteiger partial charge >= 0.3 is 0 Å². The summed E-state index contributed by atoms with van der Waals surface area (Å²) >= 11 is 0. The van der Waals surface area contributed by atoms with Crippen molar-refractivity contribution in [2.75, 3.05) is 18.5 Å². The number of nitrogens with zero attached hydrogens (tertiary/aromatic N) is 1. The average Bonchev–Trinajstić information content (AvgIpc) is 2.59. The molecule has 0 saturated carbocycles. The number of hydrogen-bond acceptors (Lipinski definition) is 6. The summed E-state index contributed by atoms with van der Waals surface area (Å²) in [5.74, 6) is 0.588. The molecule has 2 aromatic carbocycles. The van der Waals surface area contributed by atoms with Crippen molar-refractivity contribution in [3.8, 4) is 11.5 Å². The lowest BCUT2D eigenvalue weighted by Crippen LogP contribution is -2.35. The molecule has 2 aromatic rings. The molecule has 8 nitrogen and oxygen atoms in total. The number of carbonyl (C=O) groups is 1. The van der Waals surface area contributed by atoms with E-state index in [0.717, 1.165) is 6.07 Å². The van der Waals surface area contributed by atoms with Crippen LogP contribution in [0.15, 0.2) is 42.5 Å². The van der Waals surface area contributed by atoms with E-state index in [-0.39, 0.29) is 23.0 Å². The van der Waals surface area contributed by atoms with Gasteiger partial charge in [0, 0.05) is 11.6 Å². The molecule has 24 heavy (non-hydrogen) atoms. The fourth-order valence-electron chi connectivity index (χ4n) is 2.37. The molecule has 0 spiro atoms. The minimum absolute atomic E-state index is 0.0819. The van der Waals surface area contributed by atoms with Gasteiger partial charge in [-0.05, 0) is 24.3 Å². The van der Waals surface area contributed by atoms with Crippen molar-refractivity contribution >= 4 is 17.3 Å². The Morgan fingerprint density at radius 3 is 2.75 bits per heavy atom. The summed E-state index contributed by atoms with van der Waals surface area (Å²) in [5.41, 5.74) is 5.30. The van der Waals surface area contributed by atoms with Crippen molar-refractivity contribution in [2.45, 2.75) is 6.10 Å². The lowest BCUT2D eigenvalue weighted by atomic mass is 10.1. The predicted molar refractivity (Wildman–Crippen MR) is 86.5 cm³/mol. The fourth-order valence-corrected chi connectivity index (χ4v) is 2.37. The van der Waals surface area contributed by atoms with E-state index in [2.05, 4.69) is 5.32 Å². The van der Waals surface area contributed by atoms with Crippen molar-refractivity contribution in [1.82, 2.24) is 0 Å². The van der Waals surface area contributed by atoms with Crippen LogP contribution < -0.4 is 20.5 Å². The quantitative estimate of drug-likeness (QED) is 0.639. The van der Waals surface area contributed by atoms with E-state index in [9.17, 15) is 14.9 Å². The standard InChI is InChI=1S/C16H15N3O5/c17-16(20)10-5-6-12(13(7-10)19(21)22)18-8-11-9-23-14-3-1-2-4-15(14)24-11/h1-7,11,18H,8-9H2,(H2,17,20)/t11-/m1/s1. The highest BCUT2D eigenvalue weighted by atomic mass is 16.6. The Morgan fingerprint density at radius 2 is 2.04 bits per heavy atom. The van der Waals surface area contributed by atoms with Crippen LogP contribution in [0.5, 0.6) is 11.5 Å². The largest absolute Gasteiger partial charge is 0.486 e. The maximum absolute atomic E-state index is 11.2. The molecule has 0 saturated heterocycles. The fraction of sp³-hybridized carbons (Fsp3) is 0.188. The van der Waals surface area contributed by atoms with Crippen LogP contribution >= 0.6 is 0 Å². The molecule has 1 atom stereocenters. The van der Waals surface area contributed by atoms with Gasteiger partial charge in [0.15, 0.2) is 11.5 Å². The third kappa shape index (κ3) is 3.22. The van der Waals surface area contributed by atoms with Crippen LogP contribution in [0.3, 0.4) is 0 Å². The Hall–Kier alpha value is -3.29. The highest BCUT2D eigenvalue weighted by Crippen LogP contribution is 2.31. The molecule has 0 unspecified atom stereocenters. The van der Waals surface area contributed by atoms with Gasteiger partial charge in [0.25, 0.3) is 5.69 Å². The van der Waals surface area contributed by atoms with Gasteiger partial charge < -0.3 is 20.5 Å². The van der Waals surface area contributed by atoms with Gasteiger partial charge in [-0.3, -0.25) is 14.9 Å². The van der Waals surface area contributed by atoms with Gasteiger partial charge in [-0.1, -0.05) is 12.1 Å². The number of nitro groups is 1. The zero-order chi connectivity index (χ0) is 17.1. The minimum atomic E-state index is -0.717. The van der Waals surface area contributed by atoms with Crippen molar-refractivity contribution < 1.29 is 19.2 Å². The van der Waals surface area contributed by atoms with E-state index in [1.807, 2.05) is 18.2 Å². The number of amides is 1. The summed E-state index contributed by atoms with van der Waals surface area (Å²) < 4.78 is 11.4. The number of para-hydroxylation sites is 2. The lowest BCUT2D eigenvalue weighted by Gasteiger charge is -2.26. The summed E-state index contributed by atoms with van der Waals surface area (Å²) in [4.78, 5) is 21.8. The third-order valence-electron chi connectivity index (χ3n) is 3.57. The number of rotatable bonds is 5. The first-order chi connectivity index (χ1) is 11.5. The van der Waals surface area contributed by atoms with Gasteiger partial charge in [-0.15, -0.1) is 0 Å². The van der Waals surface area contributed by atoms with E-state index >= 15 is 0 Å². The number of benzene rings is 2. The first-order valence-electron chi connectivity index (χ1n) is 7.25. The maximum atomic E-state index is 11.2. The van der Waals surface area contributed by atoms with Crippen LogP contribution in [0, 0.1) is 10.1 Å². The molecule has 3 N–H and O–H groups in total. The van der Waals surface area contributed by atoms with E-state index < -0.39 is 10.8 Å². The molecular formula is C16H15N3O5. The molecule has 0 fully saturated rings. The van der Waals surface area contributed by atoms with Gasteiger partial charge in [0.1, 0.15) is 18.4 Å². The van der Waals surface area contributed by atoms with E-state index in [0.29, 0.717) is 24.7 Å². The van der Waals surface area contributed by atoms with Crippen molar-refractivity contribution in [1.29, 1.82) is 0 Å². The van der Waals surface area contributed by atoms with E-state index in [1.54, 1.807) is 6.07 Å². The lowest BCUT2D eigenvalue weighted by molar-refractivity contribution is -0.384. The summed E-state index contributed by atoms with van der Waals surface area (Å²) in [6, 6.07) is 11.3. The monoisotopic (exact) mass is 329 g/mol. The normalized spacial score (nSPS) is 15.6. The van der Waals surface area contributed by atoms with Crippen LogP contribution in [-0.2, 0) is 0 Å². The molecule has 124 valence electrons. The number of nitrogens with one attached hydrogen (secondary N) is 1. The second-order valence-corrected chi connectivity index (χ2v) is 5.23. The van der Waals surface area contributed by atoms with Crippen LogP contribution in [0.2, 0.25) is 0 Å². The van der Waals surface area contributed by atoms with E-state index in [4.69, 9.17) is 15.2 Å². The first kappa shape index (κ1) is 15.6. The van der Waals surface area contributed by atoms with Gasteiger partial charge in [0.05, 0.1) is 11.5 Å². The van der Waals surface area contributed by atoms with Crippen LogP contribution in [0.25, 0.3) is 0 Å². The van der Waals surface area contributed by atoms with Crippen LogP contribution in [0.4, 0.5) is 11.4 Å². The molecule has 8 heteroatoms. The number of hydrogen-bond donors (Lipinski definition) is 2. The smallest absolute Gasteiger partial charge is 0.293 e. The number of fused-ring (bicyclic) bond motifs is 1. The average molecular weight is 329 g/mol. The molecule has 0 bridgehead atoms. The molecule has 1 aliphatic heterocycles. The molecule has 1 heterocycles. The van der Waals surface area contributed by atoms with Gasteiger partial charge in [0.2, 0.25) is 5.91 Å². The number of nitro benzene ring substituents is 1. The van der Waals surface area contributed by atoms with Crippen LogP contribution in [-0.4, -0.2) is 30.1 Å². The highest BCUT2D eigenvalue weighted by Gasteiger charge is 2.22. The number of primary amides is 1. The first-order valence-corrected chi connectivity index (χ1v) is 7.25. The third-order valence-corrected chi connectivity index (χ3v) is 3.57. The molecular weight excluding hydrogens is 314 g/mol. The molecule has 0 aliphatic carbocycles. The van der Waals surface area contributed by atoms with Crippen molar-refractivity contribution in [2.24, 2.45) is 5.73 Å². The minimum Gasteiger partial charge on any atom is -0.486 e.